The van der Waals surface area contributed by atoms with Crippen molar-refractivity contribution in [1.29, 1.82) is 0 Å². The minimum Gasteiger partial charge on any atom is -0.271 e. The number of hydrogen-bond acceptors (Lipinski definition) is 4. The van der Waals surface area contributed by atoms with Crippen LogP contribution in [0.2, 0.25) is 0 Å². The molecule has 1 atom stereocenters. The van der Waals surface area contributed by atoms with Crippen LogP contribution in [-0.4, -0.2) is 9.97 Å². The van der Waals surface area contributed by atoms with Gasteiger partial charge in [-0.15, -0.1) is 6.58 Å². The number of rotatable bonds is 8. The van der Waals surface area contributed by atoms with Crippen LogP contribution in [0.15, 0.2) is 25.0 Å². The SMILES string of the molecule is C=CCCCCCC(NN)c1cnc(C)cn1. The fourth-order valence-corrected chi connectivity index (χ4v) is 1.71. The fourth-order valence-electron chi connectivity index (χ4n) is 1.71. The number of nitrogens with one attached hydrogen (secondary N) is 1. The summed E-state index contributed by atoms with van der Waals surface area (Å²) in [5.74, 6) is 5.55. The van der Waals surface area contributed by atoms with Crippen molar-refractivity contribution in [2.75, 3.05) is 0 Å². The van der Waals surface area contributed by atoms with E-state index in [0.717, 1.165) is 30.7 Å². The molecular formula is C13H22N4. The molecule has 0 aromatic carbocycles. The van der Waals surface area contributed by atoms with E-state index in [2.05, 4.69) is 22.0 Å². The van der Waals surface area contributed by atoms with Gasteiger partial charge in [0.1, 0.15) is 0 Å². The van der Waals surface area contributed by atoms with Crippen molar-refractivity contribution in [3.8, 4) is 0 Å². The molecule has 0 aliphatic carbocycles. The second-order valence-electron chi connectivity index (χ2n) is 4.23. The van der Waals surface area contributed by atoms with E-state index in [4.69, 9.17) is 5.84 Å². The van der Waals surface area contributed by atoms with Crippen LogP contribution in [0, 0.1) is 6.92 Å². The van der Waals surface area contributed by atoms with Crippen molar-refractivity contribution in [1.82, 2.24) is 15.4 Å². The Labute approximate surface area is 103 Å². The first kappa shape index (κ1) is 13.8. The number of allylic oxidation sites excluding steroid dienone is 1. The molecule has 0 radical (unpaired) electrons. The lowest BCUT2D eigenvalue weighted by molar-refractivity contribution is 0.473. The monoisotopic (exact) mass is 234 g/mol. The van der Waals surface area contributed by atoms with Crippen LogP contribution in [0.25, 0.3) is 0 Å². The molecule has 94 valence electrons. The van der Waals surface area contributed by atoms with Crippen molar-refractivity contribution < 1.29 is 0 Å². The van der Waals surface area contributed by atoms with E-state index in [-0.39, 0.29) is 6.04 Å². The third-order valence-electron chi connectivity index (χ3n) is 2.76. The number of nitrogens with zero attached hydrogens (tertiary/aromatic N) is 2. The second-order valence-corrected chi connectivity index (χ2v) is 4.23. The first-order valence-corrected chi connectivity index (χ1v) is 6.13. The highest BCUT2D eigenvalue weighted by molar-refractivity contribution is 5.05. The van der Waals surface area contributed by atoms with E-state index < -0.39 is 0 Å². The van der Waals surface area contributed by atoms with Crippen LogP contribution < -0.4 is 11.3 Å². The Morgan fingerprint density at radius 2 is 2.18 bits per heavy atom. The van der Waals surface area contributed by atoms with E-state index in [9.17, 15) is 0 Å². The van der Waals surface area contributed by atoms with Gasteiger partial charge in [0.05, 0.1) is 23.6 Å². The molecule has 0 aliphatic rings. The van der Waals surface area contributed by atoms with Crippen LogP contribution in [-0.2, 0) is 0 Å². The van der Waals surface area contributed by atoms with Crippen LogP contribution in [0.4, 0.5) is 0 Å². The molecule has 1 aromatic heterocycles. The molecule has 1 rings (SSSR count). The van der Waals surface area contributed by atoms with Crippen molar-refractivity contribution in [2.45, 2.75) is 45.1 Å². The van der Waals surface area contributed by atoms with Crippen LogP contribution >= 0.6 is 0 Å². The van der Waals surface area contributed by atoms with Gasteiger partial charge in [-0.1, -0.05) is 18.9 Å². The summed E-state index contributed by atoms with van der Waals surface area (Å²) < 4.78 is 0. The average molecular weight is 234 g/mol. The van der Waals surface area contributed by atoms with E-state index in [1.165, 1.54) is 12.8 Å². The van der Waals surface area contributed by atoms with Gasteiger partial charge < -0.3 is 0 Å². The standard InChI is InChI=1S/C13H22N4/c1-3-4-5-6-7-8-12(17-14)13-10-15-11(2)9-16-13/h3,9-10,12,17H,1,4-8,14H2,2H3. The Balaban J connectivity index is 2.37. The van der Waals surface area contributed by atoms with Gasteiger partial charge in [-0.3, -0.25) is 21.2 Å². The molecule has 1 heterocycles. The topological polar surface area (TPSA) is 63.8 Å². The zero-order valence-corrected chi connectivity index (χ0v) is 10.5. The van der Waals surface area contributed by atoms with Gasteiger partial charge in [-0.05, 0) is 26.2 Å². The van der Waals surface area contributed by atoms with Crippen molar-refractivity contribution in [3.05, 3.63) is 36.4 Å². The average Bonchev–Trinajstić information content (AvgIpc) is 2.35. The summed E-state index contributed by atoms with van der Waals surface area (Å²) in [4.78, 5) is 8.58. The number of aryl methyl sites for hydroxylation is 1. The number of unbranched alkanes of at least 4 members (excludes halogenated alkanes) is 3. The van der Waals surface area contributed by atoms with E-state index >= 15 is 0 Å². The predicted molar refractivity (Wildman–Crippen MR) is 70.1 cm³/mol. The maximum atomic E-state index is 5.55. The molecular weight excluding hydrogens is 212 g/mol. The Morgan fingerprint density at radius 1 is 1.35 bits per heavy atom. The number of hydrogen-bond donors (Lipinski definition) is 2. The van der Waals surface area contributed by atoms with Crippen LogP contribution in [0.5, 0.6) is 0 Å². The van der Waals surface area contributed by atoms with Crippen LogP contribution in [0.3, 0.4) is 0 Å². The second kappa shape index (κ2) is 7.92. The molecule has 0 spiro atoms. The minimum atomic E-state index is 0.104. The number of aromatic nitrogens is 2. The highest BCUT2D eigenvalue weighted by atomic mass is 15.2. The molecule has 17 heavy (non-hydrogen) atoms. The number of nitrogens with two attached hydrogens (primary N) is 1. The van der Waals surface area contributed by atoms with E-state index in [1.54, 1.807) is 12.4 Å². The highest BCUT2D eigenvalue weighted by Crippen LogP contribution is 2.16. The Morgan fingerprint density at radius 3 is 2.76 bits per heavy atom. The van der Waals surface area contributed by atoms with Crippen LogP contribution in [0.1, 0.15) is 49.5 Å². The summed E-state index contributed by atoms with van der Waals surface area (Å²) in [7, 11) is 0. The molecule has 0 bridgehead atoms. The third kappa shape index (κ3) is 5.06. The third-order valence-corrected chi connectivity index (χ3v) is 2.76. The smallest absolute Gasteiger partial charge is 0.0769 e. The summed E-state index contributed by atoms with van der Waals surface area (Å²) >= 11 is 0. The van der Waals surface area contributed by atoms with Gasteiger partial charge in [0.15, 0.2) is 0 Å². The molecule has 3 N–H and O–H groups in total. The summed E-state index contributed by atoms with van der Waals surface area (Å²) in [6.07, 6.45) is 11.1. The summed E-state index contributed by atoms with van der Waals surface area (Å²) in [5, 5.41) is 0. The maximum absolute atomic E-state index is 5.55. The zero-order chi connectivity index (χ0) is 12.5. The largest absolute Gasteiger partial charge is 0.271 e. The van der Waals surface area contributed by atoms with Crippen molar-refractivity contribution in [3.63, 3.8) is 0 Å². The molecule has 0 fully saturated rings. The summed E-state index contributed by atoms with van der Waals surface area (Å²) in [6, 6.07) is 0.104. The van der Waals surface area contributed by atoms with Gasteiger partial charge in [-0.25, -0.2) is 0 Å². The lowest BCUT2D eigenvalue weighted by atomic mass is 10.1. The molecule has 0 aliphatic heterocycles. The van der Waals surface area contributed by atoms with E-state index in [1.807, 2.05) is 13.0 Å². The van der Waals surface area contributed by atoms with Gasteiger partial charge in [-0.2, -0.15) is 0 Å². The van der Waals surface area contributed by atoms with Crippen molar-refractivity contribution in [2.24, 2.45) is 5.84 Å². The van der Waals surface area contributed by atoms with Gasteiger partial charge >= 0.3 is 0 Å². The summed E-state index contributed by atoms with van der Waals surface area (Å²) in [6.45, 7) is 5.64. The Hall–Kier alpha value is -1.26. The molecule has 4 heteroatoms. The van der Waals surface area contributed by atoms with Gasteiger partial charge in [0, 0.05) is 6.20 Å². The molecule has 1 unspecified atom stereocenters. The van der Waals surface area contributed by atoms with Crippen molar-refractivity contribution >= 4 is 0 Å². The lowest BCUT2D eigenvalue weighted by Crippen LogP contribution is -2.28. The zero-order valence-electron chi connectivity index (χ0n) is 10.5. The fraction of sp³-hybridized carbons (Fsp3) is 0.538. The first-order chi connectivity index (χ1) is 8.27. The summed E-state index contributed by atoms with van der Waals surface area (Å²) in [5.41, 5.74) is 4.65. The van der Waals surface area contributed by atoms with Gasteiger partial charge in [0.2, 0.25) is 0 Å². The van der Waals surface area contributed by atoms with E-state index in [0.29, 0.717) is 0 Å². The first-order valence-electron chi connectivity index (χ1n) is 6.13. The van der Waals surface area contributed by atoms with Gasteiger partial charge in [0.25, 0.3) is 0 Å². The highest BCUT2D eigenvalue weighted by Gasteiger charge is 2.10. The predicted octanol–water partition coefficient (Wildman–Crippen LogP) is 2.43. The quantitative estimate of drug-likeness (QED) is 0.314. The number of hydrazine groups is 1. The molecule has 0 amide bonds. The molecule has 0 saturated carbocycles. The minimum absolute atomic E-state index is 0.104. The molecule has 1 aromatic rings. The maximum Gasteiger partial charge on any atom is 0.0769 e. The molecule has 0 saturated heterocycles. The Bertz CT molecular complexity index is 321. The molecule has 4 nitrogen and oxygen atoms in total. The Kier molecular flexibility index (Phi) is 6.43. The lowest BCUT2D eigenvalue weighted by Gasteiger charge is -2.14. The normalized spacial score (nSPS) is 12.4.